The third-order valence-electron chi connectivity index (χ3n) is 2.35. The van der Waals surface area contributed by atoms with Gasteiger partial charge in [0.2, 0.25) is 0 Å². The summed E-state index contributed by atoms with van der Waals surface area (Å²) in [6.45, 7) is 1.78. The van der Waals surface area contributed by atoms with E-state index in [1.807, 2.05) is 0 Å². The number of amides is 1. The summed E-state index contributed by atoms with van der Waals surface area (Å²) in [4.78, 5) is 19.9. The minimum atomic E-state index is -0.228. The molecule has 17 heavy (non-hydrogen) atoms. The first kappa shape index (κ1) is 11.1. The van der Waals surface area contributed by atoms with E-state index in [2.05, 4.69) is 15.3 Å². The maximum Gasteiger partial charge on any atom is 0.257 e. The lowest BCUT2D eigenvalue weighted by atomic mass is 10.2. The van der Waals surface area contributed by atoms with E-state index in [9.17, 15) is 4.79 Å². The molecule has 2 aromatic rings. The standard InChI is InChI=1S/C12H12N4O/c1-8-9(3-2-5-15-8)12(17)16-11-4-6-14-7-10(11)13/h2-7H,13H2,1H3,(H,14,16,17). The van der Waals surface area contributed by atoms with Crippen LogP contribution in [0.15, 0.2) is 36.8 Å². The molecule has 0 bridgehead atoms. The first-order valence-electron chi connectivity index (χ1n) is 5.11. The largest absolute Gasteiger partial charge is 0.396 e. The normalized spacial score (nSPS) is 9.94. The van der Waals surface area contributed by atoms with Gasteiger partial charge in [-0.15, -0.1) is 0 Å². The van der Waals surface area contributed by atoms with Gasteiger partial charge in [0.25, 0.3) is 5.91 Å². The Kier molecular flexibility index (Phi) is 3.00. The van der Waals surface area contributed by atoms with Crippen LogP contribution in [0, 0.1) is 6.92 Å². The van der Waals surface area contributed by atoms with Crippen molar-refractivity contribution in [2.24, 2.45) is 0 Å². The number of aromatic nitrogens is 2. The van der Waals surface area contributed by atoms with Gasteiger partial charge in [0.05, 0.1) is 23.1 Å². The lowest BCUT2D eigenvalue weighted by Crippen LogP contribution is -2.15. The summed E-state index contributed by atoms with van der Waals surface area (Å²) in [5.74, 6) is -0.228. The molecular formula is C12H12N4O. The Morgan fingerprint density at radius 3 is 2.88 bits per heavy atom. The van der Waals surface area contributed by atoms with E-state index in [1.54, 1.807) is 37.5 Å². The molecule has 0 aliphatic carbocycles. The van der Waals surface area contributed by atoms with Crippen molar-refractivity contribution in [2.75, 3.05) is 11.1 Å². The van der Waals surface area contributed by atoms with Crippen LogP contribution in [0.25, 0.3) is 0 Å². The predicted molar refractivity (Wildman–Crippen MR) is 65.6 cm³/mol. The first-order chi connectivity index (χ1) is 8.18. The van der Waals surface area contributed by atoms with Gasteiger partial charge in [0, 0.05) is 18.1 Å². The van der Waals surface area contributed by atoms with Gasteiger partial charge in [-0.05, 0) is 25.1 Å². The summed E-state index contributed by atoms with van der Waals surface area (Å²) in [5.41, 5.74) is 7.88. The lowest BCUT2D eigenvalue weighted by Gasteiger charge is -2.08. The van der Waals surface area contributed by atoms with Crippen LogP contribution in [0.1, 0.15) is 16.1 Å². The van der Waals surface area contributed by atoms with Gasteiger partial charge in [0.15, 0.2) is 0 Å². The third kappa shape index (κ3) is 2.39. The summed E-state index contributed by atoms with van der Waals surface area (Å²) in [7, 11) is 0. The van der Waals surface area contributed by atoms with Crippen molar-refractivity contribution in [2.45, 2.75) is 6.92 Å². The van der Waals surface area contributed by atoms with Crippen molar-refractivity contribution in [3.63, 3.8) is 0 Å². The number of nitrogens with one attached hydrogen (secondary N) is 1. The van der Waals surface area contributed by atoms with Crippen molar-refractivity contribution in [3.8, 4) is 0 Å². The van der Waals surface area contributed by atoms with Crippen molar-refractivity contribution >= 4 is 17.3 Å². The van der Waals surface area contributed by atoms with Crippen LogP contribution in [0.4, 0.5) is 11.4 Å². The Hall–Kier alpha value is -2.43. The number of nitrogen functional groups attached to an aromatic ring is 1. The summed E-state index contributed by atoms with van der Waals surface area (Å²) in [6, 6.07) is 5.09. The van der Waals surface area contributed by atoms with Crippen molar-refractivity contribution in [1.29, 1.82) is 0 Å². The minimum Gasteiger partial charge on any atom is -0.396 e. The maximum atomic E-state index is 12.0. The van der Waals surface area contributed by atoms with Crippen molar-refractivity contribution in [3.05, 3.63) is 48.0 Å². The van der Waals surface area contributed by atoms with Crippen molar-refractivity contribution < 1.29 is 4.79 Å². The molecule has 0 spiro atoms. The molecule has 2 aromatic heterocycles. The van der Waals surface area contributed by atoms with Gasteiger partial charge in [-0.1, -0.05) is 0 Å². The second-order valence-electron chi connectivity index (χ2n) is 3.55. The van der Waals surface area contributed by atoms with Crippen LogP contribution in [0.5, 0.6) is 0 Å². The molecule has 3 N–H and O–H groups in total. The topological polar surface area (TPSA) is 80.9 Å². The Balaban J connectivity index is 2.24. The number of pyridine rings is 2. The molecule has 0 aromatic carbocycles. The zero-order chi connectivity index (χ0) is 12.3. The average Bonchev–Trinajstić information content (AvgIpc) is 2.32. The maximum absolute atomic E-state index is 12.0. The third-order valence-corrected chi connectivity index (χ3v) is 2.35. The monoisotopic (exact) mass is 228 g/mol. The Morgan fingerprint density at radius 2 is 2.18 bits per heavy atom. The highest BCUT2D eigenvalue weighted by Gasteiger charge is 2.10. The molecular weight excluding hydrogens is 216 g/mol. The Bertz CT molecular complexity index is 554. The van der Waals surface area contributed by atoms with Gasteiger partial charge < -0.3 is 11.1 Å². The fourth-order valence-corrected chi connectivity index (χ4v) is 1.43. The first-order valence-corrected chi connectivity index (χ1v) is 5.11. The minimum absolute atomic E-state index is 0.228. The van der Waals surface area contributed by atoms with Crippen LogP contribution in [0.3, 0.4) is 0 Å². The van der Waals surface area contributed by atoms with Crippen molar-refractivity contribution in [1.82, 2.24) is 9.97 Å². The van der Waals surface area contributed by atoms with Gasteiger partial charge in [-0.2, -0.15) is 0 Å². The molecule has 0 radical (unpaired) electrons. The molecule has 0 fully saturated rings. The zero-order valence-electron chi connectivity index (χ0n) is 9.34. The van der Waals surface area contributed by atoms with E-state index in [0.29, 0.717) is 22.6 Å². The van der Waals surface area contributed by atoms with E-state index in [1.165, 1.54) is 6.20 Å². The number of carbonyl (C=O) groups is 1. The van der Waals surface area contributed by atoms with Crippen LogP contribution in [-0.2, 0) is 0 Å². The lowest BCUT2D eigenvalue weighted by molar-refractivity contribution is 0.102. The van der Waals surface area contributed by atoms with Crippen LogP contribution < -0.4 is 11.1 Å². The highest BCUT2D eigenvalue weighted by atomic mass is 16.1. The summed E-state index contributed by atoms with van der Waals surface area (Å²) >= 11 is 0. The quantitative estimate of drug-likeness (QED) is 0.818. The zero-order valence-corrected chi connectivity index (χ0v) is 9.34. The smallest absolute Gasteiger partial charge is 0.257 e. The van der Waals surface area contributed by atoms with E-state index in [4.69, 9.17) is 5.73 Å². The SMILES string of the molecule is Cc1ncccc1C(=O)Nc1ccncc1N. The summed E-state index contributed by atoms with van der Waals surface area (Å²) in [6.07, 6.45) is 4.71. The number of hydrogen-bond acceptors (Lipinski definition) is 4. The van der Waals surface area contributed by atoms with Gasteiger partial charge >= 0.3 is 0 Å². The number of carbonyl (C=O) groups excluding carboxylic acids is 1. The fraction of sp³-hybridized carbons (Fsp3) is 0.0833. The summed E-state index contributed by atoms with van der Waals surface area (Å²) < 4.78 is 0. The number of aryl methyl sites for hydroxylation is 1. The molecule has 0 saturated heterocycles. The molecule has 86 valence electrons. The van der Waals surface area contributed by atoms with Crippen LogP contribution in [0.2, 0.25) is 0 Å². The predicted octanol–water partition coefficient (Wildman–Crippen LogP) is 1.62. The number of nitrogens with zero attached hydrogens (tertiary/aromatic N) is 2. The molecule has 5 nitrogen and oxygen atoms in total. The van der Waals surface area contributed by atoms with Gasteiger partial charge in [-0.3, -0.25) is 14.8 Å². The molecule has 0 atom stereocenters. The average molecular weight is 228 g/mol. The summed E-state index contributed by atoms with van der Waals surface area (Å²) in [5, 5.41) is 2.72. The van der Waals surface area contributed by atoms with E-state index in [-0.39, 0.29) is 5.91 Å². The molecule has 0 aliphatic heterocycles. The molecule has 2 rings (SSSR count). The molecule has 0 unspecified atom stereocenters. The van der Waals surface area contributed by atoms with Crippen LogP contribution in [-0.4, -0.2) is 15.9 Å². The fourth-order valence-electron chi connectivity index (χ4n) is 1.43. The number of hydrogen-bond donors (Lipinski definition) is 2. The van der Waals surface area contributed by atoms with Crippen LogP contribution >= 0.6 is 0 Å². The van der Waals surface area contributed by atoms with E-state index in [0.717, 1.165) is 0 Å². The molecule has 1 amide bonds. The number of rotatable bonds is 2. The van der Waals surface area contributed by atoms with Gasteiger partial charge in [-0.25, -0.2) is 0 Å². The number of nitrogens with two attached hydrogens (primary N) is 1. The molecule has 2 heterocycles. The second-order valence-corrected chi connectivity index (χ2v) is 3.55. The highest BCUT2D eigenvalue weighted by molar-refractivity contribution is 6.06. The van der Waals surface area contributed by atoms with E-state index >= 15 is 0 Å². The highest BCUT2D eigenvalue weighted by Crippen LogP contribution is 2.16. The molecule has 0 saturated carbocycles. The Labute approximate surface area is 98.7 Å². The second kappa shape index (κ2) is 4.61. The van der Waals surface area contributed by atoms with Gasteiger partial charge in [0.1, 0.15) is 0 Å². The molecule has 0 aliphatic rings. The molecule has 5 heteroatoms. The number of anilines is 2. The van der Waals surface area contributed by atoms with E-state index < -0.39 is 0 Å². The Morgan fingerprint density at radius 1 is 1.35 bits per heavy atom.